The molecule has 2 aromatic carbocycles. The minimum absolute atomic E-state index is 0. The van der Waals surface area contributed by atoms with Crippen LogP contribution in [-0.4, -0.2) is 44.1 Å². The van der Waals surface area contributed by atoms with Crippen LogP contribution in [0.2, 0.25) is 0 Å². The first-order chi connectivity index (χ1) is 13.2. The fourth-order valence-corrected chi connectivity index (χ4v) is 3.31. The predicted octanol–water partition coefficient (Wildman–Crippen LogP) is 4.72. The molecule has 0 radical (unpaired) electrons. The number of ether oxygens (including phenoxy) is 2. The van der Waals surface area contributed by atoms with Gasteiger partial charge in [-0.3, -0.25) is 4.90 Å². The summed E-state index contributed by atoms with van der Waals surface area (Å²) in [5.41, 5.74) is 1.60. The molecule has 1 saturated heterocycles. The number of rotatable bonds is 8. The molecule has 0 bridgehead atoms. The molecule has 162 valence electrons. The maximum absolute atomic E-state index is 13.8. The Hall–Kier alpha value is -1.60. The molecule has 1 atom stereocenters. The molecule has 3 rings (SSSR count). The van der Waals surface area contributed by atoms with Crippen molar-refractivity contribution >= 4 is 24.8 Å². The second-order valence-electron chi connectivity index (χ2n) is 6.48. The molecule has 0 aromatic heterocycles. The van der Waals surface area contributed by atoms with Crippen LogP contribution in [0.4, 0.5) is 8.78 Å². The van der Waals surface area contributed by atoms with E-state index in [4.69, 9.17) is 9.47 Å². The van der Waals surface area contributed by atoms with Gasteiger partial charge in [0.2, 0.25) is 0 Å². The zero-order valence-electron chi connectivity index (χ0n) is 16.4. The van der Waals surface area contributed by atoms with Gasteiger partial charge in [-0.05, 0) is 30.2 Å². The fraction of sp³-hybridized carbons (Fsp3) is 0.429. The Morgan fingerprint density at radius 1 is 0.966 bits per heavy atom. The lowest BCUT2D eigenvalue weighted by Crippen LogP contribution is -2.46. The molecule has 29 heavy (non-hydrogen) atoms. The predicted molar refractivity (Wildman–Crippen MR) is 116 cm³/mol. The van der Waals surface area contributed by atoms with Crippen LogP contribution in [0.1, 0.15) is 24.1 Å². The highest BCUT2D eigenvalue weighted by Gasteiger charge is 2.30. The van der Waals surface area contributed by atoms with Crippen LogP contribution >= 0.6 is 24.8 Å². The third kappa shape index (κ3) is 7.00. The molecule has 1 aliphatic heterocycles. The molecule has 4 nitrogen and oxygen atoms in total. The molecule has 2 aromatic rings. The van der Waals surface area contributed by atoms with Crippen molar-refractivity contribution in [3.63, 3.8) is 0 Å². The van der Waals surface area contributed by atoms with E-state index in [1.807, 2.05) is 42.2 Å². The Balaban J connectivity index is 0.00000210. The van der Waals surface area contributed by atoms with Gasteiger partial charge < -0.3 is 14.8 Å². The molecule has 0 amide bonds. The van der Waals surface area contributed by atoms with E-state index in [2.05, 4.69) is 5.32 Å². The quantitative estimate of drug-likeness (QED) is 0.633. The maximum atomic E-state index is 13.8. The Labute approximate surface area is 183 Å². The van der Waals surface area contributed by atoms with Gasteiger partial charge in [-0.25, -0.2) is 8.78 Å². The Kier molecular flexibility index (Phi) is 11.3. The third-order valence-corrected chi connectivity index (χ3v) is 4.63. The Morgan fingerprint density at radius 3 is 2.28 bits per heavy atom. The van der Waals surface area contributed by atoms with Crippen molar-refractivity contribution in [1.29, 1.82) is 0 Å². The van der Waals surface area contributed by atoms with E-state index in [9.17, 15) is 8.78 Å². The molecule has 1 aliphatic rings. The van der Waals surface area contributed by atoms with Crippen molar-refractivity contribution in [3.8, 4) is 11.5 Å². The zero-order valence-corrected chi connectivity index (χ0v) is 18.0. The van der Waals surface area contributed by atoms with Crippen molar-refractivity contribution in [2.24, 2.45) is 0 Å². The van der Waals surface area contributed by atoms with Crippen molar-refractivity contribution in [1.82, 2.24) is 10.2 Å². The summed E-state index contributed by atoms with van der Waals surface area (Å²) in [6, 6.07) is 14.0. The highest BCUT2D eigenvalue weighted by Crippen LogP contribution is 2.35. The number of halogens is 4. The minimum atomic E-state index is -2.46. The Morgan fingerprint density at radius 2 is 1.66 bits per heavy atom. The summed E-state index contributed by atoms with van der Waals surface area (Å²) in [4.78, 5) is 1.83. The fourth-order valence-electron chi connectivity index (χ4n) is 3.31. The summed E-state index contributed by atoms with van der Waals surface area (Å²) in [5, 5.41) is 3.20. The van der Waals surface area contributed by atoms with E-state index < -0.39 is 12.5 Å². The summed E-state index contributed by atoms with van der Waals surface area (Å²) < 4.78 is 39.2. The maximum Gasteiger partial charge on any atom is 0.258 e. The highest BCUT2D eigenvalue weighted by molar-refractivity contribution is 5.85. The first-order valence-electron chi connectivity index (χ1n) is 9.35. The largest absolute Gasteiger partial charge is 0.490 e. The van der Waals surface area contributed by atoms with Gasteiger partial charge >= 0.3 is 0 Å². The van der Waals surface area contributed by atoms with Gasteiger partial charge in [0, 0.05) is 26.2 Å². The number of piperazine rings is 1. The first kappa shape index (κ1) is 25.4. The van der Waals surface area contributed by atoms with E-state index in [0.717, 1.165) is 18.7 Å². The average Bonchev–Trinajstić information content (AvgIpc) is 2.69. The van der Waals surface area contributed by atoms with Gasteiger partial charge in [0.05, 0.1) is 12.6 Å². The van der Waals surface area contributed by atoms with Gasteiger partial charge in [0.25, 0.3) is 6.43 Å². The van der Waals surface area contributed by atoms with Crippen LogP contribution in [-0.2, 0) is 6.61 Å². The highest BCUT2D eigenvalue weighted by atomic mass is 35.5. The van der Waals surface area contributed by atoms with Crippen LogP contribution in [0.3, 0.4) is 0 Å². The first-order valence-corrected chi connectivity index (χ1v) is 9.35. The van der Waals surface area contributed by atoms with Crippen molar-refractivity contribution in [2.75, 3.05) is 32.8 Å². The van der Waals surface area contributed by atoms with E-state index in [-0.39, 0.29) is 24.8 Å². The summed E-state index contributed by atoms with van der Waals surface area (Å²) in [6.07, 6.45) is -2.46. The SMILES string of the molecule is CCOc1cc([C@H](C(F)F)N2CCNCC2)ccc1OCc1ccccc1.Cl.Cl. The monoisotopic (exact) mass is 448 g/mol. The molecular weight excluding hydrogens is 421 g/mol. The standard InChI is InChI=1S/C21H26F2N2O2.2ClH/c1-2-26-19-14-17(20(21(22)23)25-12-10-24-11-13-25)8-9-18(19)27-15-16-6-4-3-5-7-16;;/h3-9,14,20-21,24H,2,10-13,15H2,1H3;2*1H/t20-;;/m1../s1. The van der Waals surface area contributed by atoms with Gasteiger partial charge in [-0.1, -0.05) is 36.4 Å². The van der Waals surface area contributed by atoms with E-state index in [1.165, 1.54) is 0 Å². The minimum Gasteiger partial charge on any atom is -0.490 e. The van der Waals surface area contributed by atoms with Crippen LogP contribution in [0.25, 0.3) is 0 Å². The molecule has 0 saturated carbocycles. The molecule has 1 N–H and O–H groups in total. The van der Waals surface area contributed by atoms with Gasteiger partial charge in [0.1, 0.15) is 6.61 Å². The molecule has 1 fully saturated rings. The number of hydrogen-bond acceptors (Lipinski definition) is 4. The third-order valence-electron chi connectivity index (χ3n) is 4.63. The molecular formula is C21H28Cl2F2N2O2. The summed E-state index contributed by atoms with van der Waals surface area (Å²) in [7, 11) is 0. The average molecular weight is 449 g/mol. The number of nitrogens with one attached hydrogen (secondary N) is 1. The second kappa shape index (κ2) is 12.9. The number of benzene rings is 2. The molecule has 0 spiro atoms. The summed E-state index contributed by atoms with van der Waals surface area (Å²) >= 11 is 0. The van der Waals surface area contributed by atoms with E-state index >= 15 is 0 Å². The number of alkyl halides is 2. The smallest absolute Gasteiger partial charge is 0.258 e. The lowest BCUT2D eigenvalue weighted by atomic mass is 10.0. The number of hydrogen-bond donors (Lipinski definition) is 1. The normalized spacial score (nSPS) is 15.2. The van der Waals surface area contributed by atoms with Crippen molar-refractivity contribution < 1.29 is 18.3 Å². The van der Waals surface area contributed by atoms with E-state index in [1.54, 1.807) is 18.2 Å². The summed E-state index contributed by atoms with van der Waals surface area (Å²) in [6.45, 7) is 5.36. The molecule has 0 aliphatic carbocycles. The second-order valence-corrected chi connectivity index (χ2v) is 6.48. The van der Waals surface area contributed by atoms with Gasteiger partial charge in [-0.15, -0.1) is 24.8 Å². The lowest BCUT2D eigenvalue weighted by molar-refractivity contribution is 0.0180. The van der Waals surface area contributed by atoms with Crippen molar-refractivity contribution in [3.05, 3.63) is 59.7 Å². The van der Waals surface area contributed by atoms with E-state index in [0.29, 0.717) is 43.4 Å². The summed E-state index contributed by atoms with van der Waals surface area (Å²) in [5.74, 6) is 1.07. The van der Waals surface area contributed by atoms with Gasteiger partial charge in [-0.2, -0.15) is 0 Å². The molecule has 1 heterocycles. The number of nitrogens with zero attached hydrogens (tertiary/aromatic N) is 1. The van der Waals surface area contributed by atoms with Gasteiger partial charge in [0.15, 0.2) is 11.5 Å². The topological polar surface area (TPSA) is 33.7 Å². The molecule has 8 heteroatoms. The zero-order chi connectivity index (χ0) is 19.1. The van der Waals surface area contributed by atoms with Crippen LogP contribution < -0.4 is 14.8 Å². The van der Waals surface area contributed by atoms with Crippen LogP contribution in [0, 0.1) is 0 Å². The van der Waals surface area contributed by atoms with Crippen molar-refractivity contribution in [2.45, 2.75) is 26.0 Å². The Bertz CT molecular complexity index is 717. The lowest BCUT2D eigenvalue weighted by Gasteiger charge is -2.34. The molecule has 0 unspecified atom stereocenters. The van der Waals surface area contributed by atoms with Crippen LogP contribution in [0.15, 0.2) is 48.5 Å². The van der Waals surface area contributed by atoms with Crippen LogP contribution in [0.5, 0.6) is 11.5 Å².